The summed E-state index contributed by atoms with van der Waals surface area (Å²) in [6.07, 6.45) is -14.3. The lowest BCUT2D eigenvalue weighted by Gasteiger charge is -2.27. The zero-order valence-corrected chi connectivity index (χ0v) is 43.1. The van der Waals surface area contributed by atoms with E-state index < -0.39 is 35.2 Å². The van der Waals surface area contributed by atoms with Gasteiger partial charge in [-0.1, -0.05) is 96.6 Å². The molecule has 5 aromatic heterocycles. The van der Waals surface area contributed by atoms with Gasteiger partial charge in [-0.05, 0) is 97.9 Å². The number of halogens is 9. The lowest BCUT2D eigenvalue weighted by molar-refractivity contribution is -0.138. The molecule has 6 nitrogen and oxygen atoms in total. The third-order valence-electron chi connectivity index (χ3n) is 15.9. The molecule has 0 bridgehead atoms. The predicted molar refractivity (Wildman–Crippen MR) is 306 cm³/mol. The van der Waals surface area contributed by atoms with Crippen molar-refractivity contribution >= 4 is 119 Å². The van der Waals surface area contributed by atoms with Gasteiger partial charge >= 0.3 is 18.5 Å². The van der Waals surface area contributed by atoms with Gasteiger partial charge in [-0.25, -0.2) is 0 Å². The van der Waals surface area contributed by atoms with E-state index in [4.69, 9.17) is 0 Å². The largest absolute Gasteiger partial charge is 0.416 e. The lowest BCUT2D eigenvalue weighted by atomic mass is 9.98. The average Bonchev–Trinajstić information content (AvgIpc) is 1.92. The van der Waals surface area contributed by atoms with Crippen molar-refractivity contribution in [2.75, 3.05) is 0 Å². The van der Waals surface area contributed by atoms with Crippen LogP contribution in [0.4, 0.5) is 39.5 Å². The van der Waals surface area contributed by atoms with E-state index in [0.717, 1.165) is 72.9 Å². The van der Waals surface area contributed by atoms with Crippen molar-refractivity contribution < 1.29 is 39.5 Å². The smallest absolute Gasteiger partial charge is 0.306 e. The molecule has 0 fully saturated rings. The van der Waals surface area contributed by atoms with Gasteiger partial charge in [-0.2, -0.15) is 50.0 Å². The third kappa shape index (κ3) is 6.82. The molecule has 82 heavy (non-hydrogen) atoms. The number of hydrogen-bond acceptors (Lipinski definition) is 3. The second-order valence-electron chi connectivity index (χ2n) is 20.4. The highest BCUT2D eigenvalue weighted by Gasteiger charge is 2.38. The molecule has 10 aromatic carbocycles. The first-order valence-electron chi connectivity index (χ1n) is 25.7. The molecule has 0 aliphatic rings. The Hall–Kier alpha value is -10.0. The molecule has 0 N–H and O–H groups in total. The molecule has 0 radical (unpaired) electrons. The van der Waals surface area contributed by atoms with Crippen molar-refractivity contribution in [1.29, 1.82) is 10.5 Å². The van der Waals surface area contributed by atoms with Gasteiger partial charge in [0.25, 0.3) is 0 Å². The van der Waals surface area contributed by atoms with E-state index in [9.17, 15) is 50.0 Å². The first kappa shape index (κ1) is 49.0. The summed E-state index contributed by atoms with van der Waals surface area (Å²) in [4.78, 5) is 0. The maximum atomic E-state index is 14.9. The fourth-order valence-corrected chi connectivity index (χ4v) is 13.8. The summed E-state index contributed by atoms with van der Waals surface area (Å²) in [5.74, 6) is 0. The molecule has 396 valence electrons. The second kappa shape index (κ2) is 17.0. The first-order chi connectivity index (χ1) is 39.4. The molecule has 16 heteroatoms. The minimum Gasteiger partial charge on any atom is -0.306 e. The number of nitriles is 2. The zero-order valence-electron chi connectivity index (χ0n) is 42.3. The van der Waals surface area contributed by atoms with Crippen molar-refractivity contribution in [2.24, 2.45) is 0 Å². The Morgan fingerprint density at radius 3 is 1.11 bits per heavy atom. The predicted octanol–water partition coefficient (Wildman–Crippen LogP) is 19.6. The Balaban J connectivity index is 1.27. The quantitative estimate of drug-likeness (QED) is 0.165. The van der Waals surface area contributed by atoms with E-state index in [0.29, 0.717) is 43.7 Å². The van der Waals surface area contributed by atoms with Crippen molar-refractivity contribution in [3.8, 4) is 34.9 Å². The fraction of sp³-hybridized carbons (Fsp3) is 0.0606. The molecule has 15 rings (SSSR count). The monoisotopic (exact) mass is 1110 g/mol. The van der Waals surface area contributed by atoms with Crippen LogP contribution in [0.15, 0.2) is 182 Å². The van der Waals surface area contributed by atoms with Crippen LogP contribution in [-0.2, 0) is 18.5 Å². The van der Waals surface area contributed by atoms with Gasteiger partial charge in [0.2, 0.25) is 0 Å². The summed E-state index contributed by atoms with van der Waals surface area (Å²) in [7, 11) is 0. The van der Waals surface area contributed by atoms with E-state index >= 15 is 0 Å². The van der Waals surface area contributed by atoms with E-state index in [2.05, 4.69) is 12.1 Å². The summed E-state index contributed by atoms with van der Waals surface area (Å²) >= 11 is 1.51. The molecule has 0 unspecified atom stereocenters. The number of alkyl halides is 9. The number of hydrogen-bond donors (Lipinski definition) is 0. The Labute approximate surface area is 460 Å². The number of rotatable bonds is 4. The van der Waals surface area contributed by atoms with Gasteiger partial charge in [0.15, 0.2) is 0 Å². The Kier molecular flexibility index (Phi) is 10.2. The van der Waals surface area contributed by atoms with Crippen molar-refractivity contribution in [1.82, 2.24) is 18.3 Å². The lowest BCUT2D eigenvalue weighted by Crippen LogP contribution is -2.17. The molecule has 0 atom stereocenters. The number of fused-ring (bicyclic) bond motifs is 16. The van der Waals surface area contributed by atoms with Crippen LogP contribution in [0.25, 0.3) is 130 Å². The molecule has 0 aliphatic heterocycles. The SMILES string of the molecule is Cc1ccc2c(c1)c1ccc3c4ccccc4sc3c1n2-c1c(C#N)c(-n2c3ccccc3c3cc(C(F)(F)F)ccc32)c(-n2c3ccccc3c3cc(C(F)(F)F)ccc32)c(C#N)c1-n1c2ccccc2c2cc(C(F)(F)F)ccc21. The summed E-state index contributed by atoms with van der Waals surface area (Å²) in [5, 5.41) is 30.0. The van der Waals surface area contributed by atoms with Crippen LogP contribution in [0.1, 0.15) is 33.4 Å². The van der Waals surface area contributed by atoms with Gasteiger partial charge < -0.3 is 18.3 Å². The standard InChI is InChI=1S/C66H33F9N6S/c1-34-18-24-56-44(28-34)42-22-23-43-41-13-5-9-17-57(41)82-63(43)62(42)81(56)61-49(33-77)59(79-51-15-7-3-11-39(51)46-30-36(65(70,71)72)20-26-54(46)79)58(78-50-14-6-2-10-38(50)45-29-35(64(67,68)69)19-25-53(45)78)48(32-76)60(61)80-52-16-8-4-12-40(52)47-31-37(66(73,74)75)21-27-55(47)80/h2-31H,1H3. The molecule has 0 saturated heterocycles. The second-order valence-corrected chi connectivity index (χ2v) is 21.5. The maximum absolute atomic E-state index is 14.9. The van der Waals surface area contributed by atoms with Gasteiger partial charge in [-0.3, -0.25) is 0 Å². The van der Waals surface area contributed by atoms with Gasteiger partial charge in [-0.15, -0.1) is 11.3 Å². The molecular weight excluding hydrogens is 1080 g/mol. The van der Waals surface area contributed by atoms with Crippen LogP contribution in [0.3, 0.4) is 0 Å². The Morgan fingerprint density at radius 2 is 0.683 bits per heavy atom. The van der Waals surface area contributed by atoms with Gasteiger partial charge in [0.05, 0.1) is 88.3 Å². The minimum absolute atomic E-state index is 0.0166. The van der Waals surface area contributed by atoms with E-state index in [1.807, 2.05) is 66.1 Å². The Bertz CT molecular complexity index is 5420. The summed E-state index contributed by atoms with van der Waals surface area (Å²) in [5.41, 5.74) is 0.498. The molecule has 0 spiro atoms. The molecular formula is C66H33F9N6S. The number of aryl methyl sites for hydroxylation is 1. The number of nitrogens with zero attached hydrogens (tertiary/aromatic N) is 6. The zero-order chi connectivity index (χ0) is 56.5. The van der Waals surface area contributed by atoms with Crippen LogP contribution >= 0.6 is 11.3 Å². The van der Waals surface area contributed by atoms with Crippen LogP contribution in [0.2, 0.25) is 0 Å². The molecule has 5 heterocycles. The van der Waals surface area contributed by atoms with Crippen molar-refractivity contribution in [3.63, 3.8) is 0 Å². The number of aromatic nitrogens is 4. The normalized spacial score (nSPS) is 12.7. The third-order valence-corrected chi connectivity index (χ3v) is 17.1. The highest BCUT2D eigenvalue weighted by Crippen LogP contribution is 2.52. The summed E-state index contributed by atoms with van der Waals surface area (Å²) in [6, 6.07) is 52.7. The van der Waals surface area contributed by atoms with Gasteiger partial charge in [0, 0.05) is 58.6 Å². The molecule has 0 saturated carbocycles. The highest BCUT2D eigenvalue weighted by molar-refractivity contribution is 7.26. The Morgan fingerprint density at radius 1 is 0.341 bits per heavy atom. The number of para-hydroxylation sites is 3. The van der Waals surface area contributed by atoms with Crippen LogP contribution in [0.5, 0.6) is 0 Å². The van der Waals surface area contributed by atoms with E-state index in [1.54, 1.807) is 86.5 Å². The minimum atomic E-state index is -4.79. The summed E-state index contributed by atoms with van der Waals surface area (Å²) in [6.45, 7) is 1.94. The molecule has 0 aliphatic carbocycles. The fourth-order valence-electron chi connectivity index (χ4n) is 12.6. The topological polar surface area (TPSA) is 67.3 Å². The molecule has 0 amide bonds. The van der Waals surface area contributed by atoms with Crippen molar-refractivity contribution in [2.45, 2.75) is 25.5 Å². The van der Waals surface area contributed by atoms with Crippen LogP contribution in [-0.4, -0.2) is 18.3 Å². The maximum Gasteiger partial charge on any atom is 0.416 e. The highest BCUT2D eigenvalue weighted by atomic mass is 32.1. The van der Waals surface area contributed by atoms with Gasteiger partial charge in [0.1, 0.15) is 23.3 Å². The van der Waals surface area contributed by atoms with E-state index in [1.165, 1.54) is 29.5 Å². The first-order valence-corrected chi connectivity index (χ1v) is 26.5. The summed E-state index contributed by atoms with van der Waals surface area (Å²) < 4.78 is 142. The van der Waals surface area contributed by atoms with Crippen LogP contribution < -0.4 is 0 Å². The van der Waals surface area contributed by atoms with E-state index in [-0.39, 0.29) is 66.6 Å². The molecule has 15 aromatic rings. The average molecular weight is 1110 g/mol. The van der Waals surface area contributed by atoms with Crippen LogP contribution in [0, 0.1) is 29.6 Å². The number of benzene rings is 10. The number of thiophene rings is 1. The van der Waals surface area contributed by atoms with Crippen molar-refractivity contribution in [3.05, 3.63) is 215 Å².